The minimum Gasteiger partial charge on any atom is -0.455 e. The number of nitrogens with zero attached hydrogens (tertiary/aromatic N) is 2. The Morgan fingerprint density at radius 3 is 1.62 bits per heavy atom. The first kappa shape index (κ1) is 34.9. The second-order valence-corrected chi connectivity index (χ2v) is 15.7. The summed E-state index contributed by atoms with van der Waals surface area (Å²) in [5, 5.41) is 7.21. The van der Waals surface area contributed by atoms with E-state index < -0.39 is 0 Å². The molecule has 0 amide bonds. The lowest BCUT2D eigenvalue weighted by molar-refractivity contribution is 0.670. The molecule has 12 aromatic rings. The van der Waals surface area contributed by atoms with Gasteiger partial charge in [-0.3, -0.25) is 0 Å². The smallest absolute Gasteiger partial charge is 0.143 e. The number of anilines is 3. The van der Waals surface area contributed by atoms with Crippen molar-refractivity contribution in [1.82, 2.24) is 4.57 Å². The molecule has 10 aromatic carbocycles. The lowest BCUT2D eigenvalue weighted by atomic mass is 9.91. The van der Waals surface area contributed by atoms with Gasteiger partial charge in [0.25, 0.3) is 0 Å². The van der Waals surface area contributed by atoms with Gasteiger partial charge >= 0.3 is 0 Å². The molecule has 0 atom stereocenters. The SMILES string of the molecule is c1ccc(-c2cccc3cccc(-c4ccc(N(c5cccc(-c6cccc7c6oc6ccccc67)c5)c5cccc(-n6c7ccccc7c7ccccc76)c5)cc4)c23)cc1. The average Bonchev–Trinajstić information content (AvgIpc) is 3.88. The van der Waals surface area contributed by atoms with Crippen molar-refractivity contribution in [3.05, 3.63) is 231 Å². The van der Waals surface area contributed by atoms with Crippen LogP contribution in [-0.4, -0.2) is 4.57 Å². The van der Waals surface area contributed by atoms with Crippen molar-refractivity contribution in [3.8, 4) is 39.1 Å². The number of benzene rings is 10. The van der Waals surface area contributed by atoms with Crippen molar-refractivity contribution in [1.29, 1.82) is 0 Å². The first-order chi connectivity index (χ1) is 30.3. The van der Waals surface area contributed by atoms with E-state index in [-0.39, 0.29) is 0 Å². The molecule has 0 aliphatic carbocycles. The monoisotopic (exact) mass is 778 g/mol. The summed E-state index contributed by atoms with van der Waals surface area (Å²) in [4.78, 5) is 2.38. The number of para-hydroxylation sites is 4. The van der Waals surface area contributed by atoms with Crippen LogP contribution in [0.2, 0.25) is 0 Å². The van der Waals surface area contributed by atoms with Crippen LogP contribution in [0.25, 0.3) is 93.6 Å². The number of furan rings is 1. The zero-order chi connectivity index (χ0) is 40.3. The van der Waals surface area contributed by atoms with Crippen molar-refractivity contribution < 1.29 is 4.42 Å². The summed E-state index contributed by atoms with van der Waals surface area (Å²) in [6, 6.07) is 82.9. The Morgan fingerprint density at radius 2 is 0.885 bits per heavy atom. The van der Waals surface area contributed by atoms with E-state index in [1.807, 2.05) is 12.1 Å². The summed E-state index contributed by atoms with van der Waals surface area (Å²) in [5.74, 6) is 0. The van der Waals surface area contributed by atoms with Crippen LogP contribution in [0.5, 0.6) is 0 Å². The van der Waals surface area contributed by atoms with Crippen LogP contribution in [0.4, 0.5) is 17.1 Å². The van der Waals surface area contributed by atoms with Crippen molar-refractivity contribution in [2.75, 3.05) is 4.90 Å². The Balaban J connectivity index is 1.03. The summed E-state index contributed by atoms with van der Waals surface area (Å²) < 4.78 is 8.93. The third-order valence-corrected chi connectivity index (χ3v) is 12.2. The molecule has 0 radical (unpaired) electrons. The average molecular weight is 779 g/mol. The molecule has 2 aromatic heterocycles. The van der Waals surface area contributed by atoms with Gasteiger partial charge in [0, 0.05) is 49.9 Å². The van der Waals surface area contributed by atoms with E-state index in [1.165, 1.54) is 54.8 Å². The Labute approximate surface area is 353 Å². The number of hydrogen-bond donors (Lipinski definition) is 0. The fourth-order valence-electron chi connectivity index (χ4n) is 9.44. The highest BCUT2D eigenvalue weighted by Crippen LogP contribution is 2.43. The maximum absolute atomic E-state index is 6.54. The van der Waals surface area contributed by atoms with Gasteiger partial charge in [-0.2, -0.15) is 0 Å². The van der Waals surface area contributed by atoms with Gasteiger partial charge in [0.1, 0.15) is 11.2 Å². The maximum atomic E-state index is 6.54. The van der Waals surface area contributed by atoms with Gasteiger partial charge in [0.05, 0.1) is 11.0 Å². The Bertz CT molecular complexity index is 3540. The molecule has 2 heterocycles. The molecule has 0 bridgehead atoms. The maximum Gasteiger partial charge on any atom is 0.143 e. The van der Waals surface area contributed by atoms with Crippen molar-refractivity contribution in [2.24, 2.45) is 0 Å². The molecule has 3 heteroatoms. The molecule has 0 saturated heterocycles. The Morgan fingerprint density at radius 1 is 0.344 bits per heavy atom. The zero-order valence-electron chi connectivity index (χ0n) is 33.2. The van der Waals surface area contributed by atoms with Crippen LogP contribution >= 0.6 is 0 Å². The van der Waals surface area contributed by atoms with E-state index in [4.69, 9.17) is 4.42 Å². The van der Waals surface area contributed by atoms with Crippen LogP contribution < -0.4 is 4.90 Å². The van der Waals surface area contributed by atoms with Gasteiger partial charge < -0.3 is 13.9 Å². The lowest BCUT2D eigenvalue weighted by Gasteiger charge is -2.27. The molecule has 0 aliphatic heterocycles. The molecule has 286 valence electrons. The fraction of sp³-hybridized carbons (Fsp3) is 0. The van der Waals surface area contributed by atoms with Crippen LogP contribution in [0.15, 0.2) is 235 Å². The van der Waals surface area contributed by atoms with E-state index in [1.54, 1.807) is 0 Å². The predicted octanol–water partition coefficient (Wildman–Crippen LogP) is 16.3. The van der Waals surface area contributed by atoms with Gasteiger partial charge in [-0.25, -0.2) is 0 Å². The summed E-state index contributed by atoms with van der Waals surface area (Å²) >= 11 is 0. The molecule has 0 N–H and O–H groups in total. The fourth-order valence-corrected chi connectivity index (χ4v) is 9.44. The molecule has 61 heavy (non-hydrogen) atoms. The first-order valence-corrected chi connectivity index (χ1v) is 20.8. The second-order valence-electron chi connectivity index (χ2n) is 15.7. The lowest BCUT2D eigenvalue weighted by Crippen LogP contribution is -2.10. The van der Waals surface area contributed by atoms with Gasteiger partial charge in [0.15, 0.2) is 0 Å². The highest BCUT2D eigenvalue weighted by molar-refractivity contribution is 6.11. The predicted molar refractivity (Wildman–Crippen MR) is 257 cm³/mol. The van der Waals surface area contributed by atoms with Gasteiger partial charge in [0.2, 0.25) is 0 Å². The Kier molecular flexibility index (Phi) is 8.17. The third-order valence-electron chi connectivity index (χ3n) is 12.2. The van der Waals surface area contributed by atoms with Crippen LogP contribution in [0.1, 0.15) is 0 Å². The van der Waals surface area contributed by atoms with Crippen molar-refractivity contribution >= 4 is 71.6 Å². The second kappa shape index (κ2) is 14.3. The van der Waals surface area contributed by atoms with Crippen LogP contribution in [0.3, 0.4) is 0 Å². The summed E-state index contributed by atoms with van der Waals surface area (Å²) in [6.45, 7) is 0. The molecule has 0 spiro atoms. The van der Waals surface area contributed by atoms with E-state index in [0.29, 0.717) is 0 Å². The van der Waals surface area contributed by atoms with Gasteiger partial charge in [-0.1, -0.05) is 170 Å². The topological polar surface area (TPSA) is 21.3 Å². The molecular weight excluding hydrogens is 741 g/mol. The summed E-state index contributed by atoms with van der Waals surface area (Å²) in [6.07, 6.45) is 0. The van der Waals surface area contributed by atoms with E-state index >= 15 is 0 Å². The number of rotatable bonds is 7. The molecule has 0 fully saturated rings. The molecule has 0 aliphatic rings. The molecule has 0 unspecified atom stereocenters. The minimum atomic E-state index is 0.895. The molecule has 12 rings (SSSR count). The van der Waals surface area contributed by atoms with Gasteiger partial charge in [-0.15, -0.1) is 0 Å². The summed E-state index contributed by atoms with van der Waals surface area (Å²) in [5.41, 5.74) is 15.4. The quantitative estimate of drug-likeness (QED) is 0.161. The standard InChI is InChI=1S/C58H38N2O/c1-2-15-39(16-3-1)47-26-11-17-41-18-12-27-48(57(41)47)40-33-35-43(36-34-40)59(44-20-10-19-42(37-44)49-28-14-29-53-52-25-6-9-32-56(52)61-58(49)53)45-21-13-22-46(38-45)60-54-30-7-4-23-50(54)51-24-5-8-31-55(51)60/h1-38H. The van der Waals surface area contributed by atoms with E-state index in [0.717, 1.165) is 55.8 Å². The normalized spacial score (nSPS) is 11.6. The Hall–Kier alpha value is -8.14. The molecular formula is C58H38N2O. The highest BCUT2D eigenvalue weighted by Gasteiger charge is 2.19. The number of aromatic nitrogens is 1. The largest absolute Gasteiger partial charge is 0.455 e. The number of hydrogen-bond acceptors (Lipinski definition) is 2. The minimum absolute atomic E-state index is 0.895. The van der Waals surface area contributed by atoms with Gasteiger partial charge in [-0.05, 0) is 99.3 Å². The van der Waals surface area contributed by atoms with E-state index in [2.05, 4.69) is 228 Å². The zero-order valence-corrected chi connectivity index (χ0v) is 33.2. The number of fused-ring (bicyclic) bond motifs is 7. The van der Waals surface area contributed by atoms with Crippen molar-refractivity contribution in [3.63, 3.8) is 0 Å². The molecule has 0 saturated carbocycles. The highest BCUT2D eigenvalue weighted by atomic mass is 16.3. The first-order valence-electron chi connectivity index (χ1n) is 20.8. The third kappa shape index (κ3) is 5.82. The van der Waals surface area contributed by atoms with Crippen molar-refractivity contribution in [2.45, 2.75) is 0 Å². The van der Waals surface area contributed by atoms with E-state index in [9.17, 15) is 0 Å². The van der Waals surface area contributed by atoms with Crippen LogP contribution in [0, 0.1) is 0 Å². The molecule has 3 nitrogen and oxygen atoms in total. The van der Waals surface area contributed by atoms with Crippen LogP contribution in [-0.2, 0) is 0 Å². The summed E-state index contributed by atoms with van der Waals surface area (Å²) in [7, 11) is 0.